The summed E-state index contributed by atoms with van der Waals surface area (Å²) in [5, 5.41) is 0. The molecular weight excluding hydrogens is 250 g/mol. The van der Waals surface area contributed by atoms with E-state index in [4.69, 9.17) is 16.3 Å². The Morgan fingerprint density at radius 3 is 2.62 bits per heavy atom. The van der Waals surface area contributed by atoms with E-state index in [1.807, 2.05) is 6.92 Å². The van der Waals surface area contributed by atoms with Crippen molar-refractivity contribution in [2.75, 3.05) is 24.8 Å². The van der Waals surface area contributed by atoms with Gasteiger partial charge in [0, 0.05) is 25.1 Å². The zero-order valence-electron chi connectivity index (χ0n) is 9.62. The van der Waals surface area contributed by atoms with Crippen LogP contribution in [0.15, 0.2) is 0 Å². The molecule has 1 rings (SSSR count). The average Bonchev–Trinajstić information content (AvgIpc) is 2.27. The Hall–Kier alpha value is 0.160. The SMILES string of the molecule is CC(NS(=O)(=O)CCCCl)C1CCOCC1. The van der Waals surface area contributed by atoms with Gasteiger partial charge in [0.25, 0.3) is 0 Å². The van der Waals surface area contributed by atoms with Gasteiger partial charge in [0.1, 0.15) is 0 Å². The molecule has 96 valence electrons. The summed E-state index contributed by atoms with van der Waals surface area (Å²) in [5.41, 5.74) is 0. The third-order valence-electron chi connectivity index (χ3n) is 2.89. The van der Waals surface area contributed by atoms with Crippen molar-refractivity contribution >= 4 is 21.6 Å². The van der Waals surface area contributed by atoms with Crippen LogP contribution < -0.4 is 4.72 Å². The summed E-state index contributed by atoms with van der Waals surface area (Å²) in [6.07, 6.45) is 2.36. The van der Waals surface area contributed by atoms with Crippen LogP contribution >= 0.6 is 11.6 Å². The smallest absolute Gasteiger partial charge is 0.211 e. The standard InChI is InChI=1S/C10H20ClNO3S/c1-9(10-3-6-15-7-4-10)12-16(13,14)8-2-5-11/h9-10,12H,2-8H2,1H3. The van der Waals surface area contributed by atoms with E-state index in [2.05, 4.69) is 4.72 Å². The lowest BCUT2D eigenvalue weighted by atomic mass is 9.94. The van der Waals surface area contributed by atoms with Crippen LogP contribution in [0.5, 0.6) is 0 Å². The van der Waals surface area contributed by atoms with Gasteiger partial charge in [-0.1, -0.05) is 0 Å². The first-order valence-electron chi connectivity index (χ1n) is 5.69. The van der Waals surface area contributed by atoms with Crippen LogP contribution in [0.1, 0.15) is 26.2 Å². The lowest BCUT2D eigenvalue weighted by molar-refractivity contribution is 0.0586. The molecule has 0 spiro atoms. The van der Waals surface area contributed by atoms with Gasteiger partial charge in [0.05, 0.1) is 5.75 Å². The number of ether oxygens (including phenoxy) is 1. The summed E-state index contributed by atoms with van der Waals surface area (Å²) >= 11 is 5.48. The number of hydrogen-bond acceptors (Lipinski definition) is 3. The summed E-state index contributed by atoms with van der Waals surface area (Å²) in [4.78, 5) is 0. The van der Waals surface area contributed by atoms with Crippen molar-refractivity contribution in [1.29, 1.82) is 0 Å². The van der Waals surface area contributed by atoms with E-state index in [0.717, 1.165) is 26.1 Å². The lowest BCUT2D eigenvalue weighted by Gasteiger charge is -2.28. The van der Waals surface area contributed by atoms with Gasteiger partial charge in [-0.15, -0.1) is 11.6 Å². The maximum atomic E-state index is 11.6. The van der Waals surface area contributed by atoms with Crippen LogP contribution in [0.25, 0.3) is 0 Å². The molecule has 1 aliphatic rings. The first-order valence-corrected chi connectivity index (χ1v) is 7.87. The Morgan fingerprint density at radius 1 is 1.44 bits per heavy atom. The van der Waals surface area contributed by atoms with Gasteiger partial charge in [0.15, 0.2) is 0 Å². The summed E-state index contributed by atoms with van der Waals surface area (Å²) < 4.78 is 31.3. The molecule has 6 heteroatoms. The lowest BCUT2D eigenvalue weighted by Crippen LogP contribution is -2.41. The Labute approximate surface area is 103 Å². The third kappa shape index (κ3) is 4.99. The van der Waals surface area contributed by atoms with Gasteiger partial charge in [-0.3, -0.25) is 0 Å². The minimum atomic E-state index is -3.17. The molecule has 1 atom stereocenters. The monoisotopic (exact) mass is 269 g/mol. The highest BCUT2D eigenvalue weighted by molar-refractivity contribution is 7.89. The molecule has 0 aromatic heterocycles. The third-order valence-corrected chi connectivity index (χ3v) is 4.71. The van der Waals surface area contributed by atoms with Crippen molar-refractivity contribution in [3.05, 3.63) is 0 Å². The Balaban J connectivity index is 2.39. The topological polar surface area (TPSA) is 55.4 Å². The highest BCUT2D eigenvalue weighted by Crippen LogP contribution is 2.19. The van der Waals surface area contributed by atoms with Crippen molar-refractivity contribution in [3.8, 4) is 0 Å². The fraction of sp³-hybridized carbons (Fsp3) is 1.00. The Bertz CT molecular complexity index is 288. The molecule has 1 aliphatic heterocycles. The molecular formula is C10H20ClNO3S. The van der Waals surface area contributed by atoms with E-state index < -0.39 is 10.0 Å². The molecule has 1 unspecified atom stereocenters. The fourth-order valence-electron chi connectivity index (χ4n) is 1.90. The maximum absolute atomic E-state index is 11.6. The largest absolute Gasteiger partial charge is 0.381 e. The molecule has 0 aliphatic carbocycles. The molecule has 1 heterocycles. The number of rotatable bonds is 6. The fourth-order valence-corrected chi connectivity index (χ4v) is 3.59. The van der Waals surface area contributed by atoms with Crippen molar-refractivity contribution in [2.45, 2.75) is 32.2 Å². The van der Waals surface area contributed by atoms with E-state index in [1.54, 1.807) is 0 Å². The van der Waals surface area contributed by atoms with Crippen LogP contribution in [0.2, 0.25) is 0 Å². The number of halogens is 1. The quantitative estimate of drug-likeness (QED) is 0.741. The zero-order valence-corrected chi connectivity index (χ0v) is 11.2. The van der Waals surface area contributed by atoms with Crippen molar-refractivity contribution < 1.29 is 13.2 Å². The van der Waals surface area contributed by atoms with Gasteiger partial charge in [-0.05, 0) is 32.1 Å². The van der Waals surface area contributed by atoms with Gasteiger partial charge in [0.2, 0.25) is 10.0 Å². The van der Waals surface area contributed by atoms with Crippen molar-refractivity contribution in [1.82, 2.24) is 4.72 Å². The summed E-state index contributed by atoms with van der Waals surface area (Å²) in [6.45, 7) is 3.39. The van der Waals surface area contributed by atoms with Gasteiger partial charge in [-0.2, -0.15) is 0 Å². The van der Waals surface area contributed by atoms with E-state index in [1.165, 1.54) is 0 Å². The van der Waals surface area contributed by atoms with Gasteiger partial charge >= 0.3 is 0 Å². The van der Waals surface area contributed by atoms with E-state index in [0.29, 0.717) is 18.2 Å². The molecule has 0 amide bonds. The molecule has 0 aromatic carbocycles. The molecule has 1 saturated heterocycles. The summed E-state index contributed by atoms with van der Waals surface area (Å²) in [6, 6.07) is -0.00998. The highest BCUT2D eigenvalue weighted by atomic mass is 35.5. The second-order valence-electron chi connectivity index (χ2n) is 4.22. The predicted octanol–water partition coefficient (Wildman–Crippen LogP) is 1.35. The van der Waals surface area contributed by atoms with Crippen LogP contribution in [0, 0.1) is 5.92 Å². The van der Waals surface area contributed by atoms with Crippen molar-refractivity contribution in [3.63, 3.8) is 0 Å². The minimum Gasteiger partial charge on any atom is -0.381 e. The zero-order chi connectivity index (χ0) is 12.0. The summed E-state index contributed by atoms with van der Waals surface area (Å²) in [7, 11) is -3.17. The van der Waals surface area contributed by atoms with E-state index in [-0.39, 0.29) is 11.8 Å². The first kappa shape index (κ1) is 14.2. The molecule has 0 aromatic rings. The van der Waals surface area contributed by atoms with Crippen LogP contribution in [0.4, 0.5) is 0 Å². The van der Waals surface area contributed by atoms with Crippen molar-refractivity contribution in [2.24, 2.45) is 5.92 Å². The minimum absolute atomic E-state index is 0.00998. The molecule has 16 heavy (non-hydrogen) atoms. The second-order valence-corrected chi connectivity index (χ2v) is 6.47. The molecule has 4 nitrogen and oxygen atoms in total. The van der Waals surface area contributed by atoms with Gasteiger partial charge < -0.3 is 4.74 Å². The number of hydrogen-bond donors (Lipinski definition) is 1. The molecule has 0 saturated carbocycles. The van der Waals surface area contributed by atoms with E-state index >= 15 is 0 Å². The number of sulfonamides is 1. The van der Waals surface area contributed by atoms with Gasteiger partial charge in [-0.25, -0.2) is 13.1 Å². The maximum Gasteiger partial charge on any atom is 0.211 e. The van der Waals surface area contributed by atoms with E-state index in [9.17, 15) is 8.42 Å². The number of alkyl halides is 1. The summed E-state index contributed by atoms with van der Waals surface area (Å²) in [5.74, 6) is 0.885. The first-order chi connectivity index (χ1) is 7.55. The predicted molar refractivity (Wildman–Crippen MR) is 65.3 cm³/mol. The van der Waals surface area contributed by atoms with Crippen LogP contribution in [-0.2, 0) is 14.8 Å². The number of nitrogens with one attached hydrogen (secondary N) is 1. The second kappa shape index (κ2) is 6.79. The van der Waals surface area contributed by atoms with Crippen LogP contribution in [-0.4, -0.2) is 39.3 Å². The molecule has 1 N–H and O–H groups in total. The molecule has 0 radical (unpaired) electrons. The molecule has 0 bridgehead atoms. The Morgan fingerprint density at radius 2 is 2.06 bits per heavy atom. The normalized spacial score (nSPS) is 20.9. The molecule has 1 fully saturated rings. The Kier molecular flexibility index (Phi) is 6.03. The average molecular weight is 270 g/mol. The highest BCUT2D eigenvalue weighted by Gasteiger charge is 2.23. The van der Waals surface area contributed by atoms with Crippen LogP contribution in [0.3, 0.4) is 0 Å².